The van der Waals surface area contributed by atoms with Gasteiger partial charge in [-0.15, -0.1) is 0 Å². The minimum Gasteiger partial charge on any atom is -0.462 e. The molecule has 0 radical (unpaired) electrons. The van der Waals surface area contributed by atoms with Crippen molar-refractivity contribution in [2.24, 2.45) is 5.92 Å². The average Bonchev–Trinajstić information content (AvgIpc) is 1.36. The molecule has 564 valence electrons. The summed E-state index contributed by atoms with van der Waals surface area (Å²) in [5.41, 5.74) is 0. The lowest BCUT2D eigenvalue weighted by molar-refractivity contribution is -0.161. The number of unbranched alkanes of at least 4 members (excludes halogenated alkanes) is 47. The molecule has 0 aliphatic rings. The van der Waals surface area contributed by atoms with Gasteiger partial charge in [-0.25, -0.2) is 9.13 Å². The molecule has 0 saturated heterocycles. The Morgan fingerprint density at radius 1 is 0.295 bits per heavy atom. The normalized spacial score (nSPS) is 14.2. The summed E-state index contributed by atoms with van der Waals surface area (Å²) in [6.45, 7) is 7.34. The van der Waals surface area contributed by atoms with E-state index in [0.717, 1.165) is 95.8 Å². The molecule has 95 heavy (non-hydrogen) atoms. The zero-order valence-electron chi connectivity index (χ0n) is 61.8. The molecule has 0 saturated carbocycles. The van der Waals surface area contributed by atoms with Gasteiger partial charge in [-0.1, -0.05) is 349 Å². The van der Waals surface area contributed by atoms with Crippen molar-refractivity contribution in [3.05, 3.63) is 0 Å². The van der Waals surface area contributed by atoms with E-state index in [1.165, 1.54) is 225 Å². The second-order valence-electron chi connectivity index (χ2n) is 27.6. The maximum atomic E-state index is 13.1. The molecule has 0 spiro atoms. The van der Waals surface area contributed by atoms with Crippen LogP contribution in [-0.2, 0) is 65.4 Å². The Hall–Kier alpha value is -1.94. The number of aliphatic hydroxyl groups is 1. The van der Waals surface area contributed by atoms with Gasteiger partial charge in [0.15, 0.2) is 12.2 Å². The zero-order chi connectivity index (χ0) is 69.8. The van der Waals surface area contributed by atoms with E-state index >= 15 is 0 Å². The summed E-state index contributed by atoms with van der Waals surface area (Å²) in [5, 5.41) is 10.6. The van der Waals surface area contributed by atoms with E-state index < -0.39 is 97.5 Å². The SMILES string of the molecule is CCCCCCCCCCCCCCC(=O)OC[C@H](COP(=O)(O)OC[C@@H](O)COP(=O)(O)OC[C@@H](COC(=O)CCCCCCCCCCC)OC(=O)CCCCCCCCCCCCCC)OC(=O)CCCCCCCCCCCCCCCCCCCCC(C)CC. The van der Waals surface area contributed by atoms with Crippen molar-refractivity contribution < 1.29 is 80.2 Å². The number of phosphoric acid groups is 2. The summed E-state index contributed by atoms with van der Waals surface area (Å²) >= 11 is 0. The van der Waals surface area contributed by atoms with Crippen LogP contribution < -0.4 is 0 Å². The highest BCUT2D eigenvalue weighted by Crippen LogP contribution is 2.45. The second kappa shape index (κ2) is 69.2. The molecule has 0 aromatic heterocycles. The third-order valence-electron chi connectivity index (χ3n) is 18.1. The molecule has 0 fully saturated rings. The standard InChI is InChI=1S/C76H148O17P2/c1-6-10-13-16-19-22-24-35-40-45-50-55-60-74(79)87-66-72(93-76(81)62-57-52-47-42-37-33-31-29-27-26-28-30-32-34-39-43-48-53-58-69(5)9-4)68-91-95(84,85)89-64-70(77)63-88-94(82,83)90-67-71(65-86-73(78)59-54-49-44-38-21-18-15-12-8-3)92-75(80)61-56-51-46-41-36-25-23-20-17-14-11-7-2/h69-72,77H,6-68H2,1-5H3,(H,82,83)(H,84,85)/t69?,70-,71+,72+/m0/s1. The monoisotopic (exact) mass is 1400 g/mol. The van der Waals surface area contributed by atoms with Crippen molar-refractivity contribution in [1.29, 1.82) is 0 Å². The van der Waals surface area contributed by atoms with Crippen LogP contribution in [0.25, 0.3) is 0 Å². The lowest BCUT2D eigenvalue weighted by atomic mass is 9.99. The molecule has 3 unspecified atom stereocenters. The summed E-state index contributed by atoms with van der Waals surface area (Å²) in [6.07, 6.45) is 58.2. The van der Waals surface area contributed by atoms with Crippen LogP contribution in [0.2, 0.25) is 0 Å². The van der Waals surface area contributed by atoms with Crippen LogP contribution in [0.3, 0.4) is 0 Å². The number of esters is 4. The van der Waals surface area contributed by atoms with Gasteiger partial charge in [-0.2, -0.15) is 0 Å². The highest BCUT2D eigenvalue weighted by molar-refractivity contribution is 7.47. The van der Waals surface area contributed by atoms with E-state index in [4.69, 9.17) is 37.0 Å². The number of ether oxygens (including phenoxy) is 4. The number of carbonyl (C=O) groups excluding carboxylic acids is 4. The molecule has 0 heterocycles. The lowest BCUT2D eigenvalue weighted by Crippen LogP contribution is -2.30. The fourth-order valence-corrected chi connectivity index (χ4v) is 13.3. The van der Waals surface area contributed by atoms with Crippen LogP contribution in [0, 0.1) is 5.92 Å². The predicted octanol–water partition coefficient (Wildman–Crippen LogP) is 22.5. The summed E-state index contributed by atoms with van der Waals surface area (Å²) in [6, 6.07) is 0. The molecule has 19 heteroatoms. The first-order valence-electron chi connectivity index (χ1n) is 39.7. The van der Waals surface area contributed by atoms with Crippen LogP contribution in [-0.4, -0.2) is 96.7 Å². The Morgan fingerprint density at radius 2 is 0.505 bits per heavy atom. The Balaban J connectivity index is 5.16. The molecule has 3 N–H and O–H groups in total. The minimum atomic E-state index is -4.95. The molecule has 6 atom stereocenters. The van der Waals surface area contributed by atoms with Crippen LogP contribution in [0.15, 0.2) is 0 Å². The lowest BCUT2D eigenvalue weighted by Gasteiger charge is -2.21. The summed E-state index contributed by atoms with van der Waals surface area (Å²) in [4.78, 5) is 72.7. The van der Waals surface area contributed by atoms with Crippen LogP contribution >= 0.6 is 15.6 Å². The first-order valence-corrected chi connectivity index (χ1v) is 42.7. The highest BCUT2D eigenvalue weighted by atomic mass is 31.2. The van der Waals surface area contributed by atoms with E-state index in [0.29, 0.717) is 25.7 Å². The van der Waals surface area contributed by atoms with Gasteiger partial charge in [-0.05, 0) is 31.6 Å². The summed E-state index contributed by atoms with van der Waals surface area (Å²) in [7, 11) is -9.90. The van der Waals surface area contributed by atoms with Gasteiger partial charge in [0.25, 0.3) is 0 Å². The van der Waals surface area contributed by atoms with Gasteiger partial charge in [0, 0.05) is 25.7 Å². The Bertz CT molecular complexity index is 1820. The zero-order valence-corrected chi connectivity index (χ0v) is 63.6. The first-order chi connectivity index (χ1) is 46.1. The number of hydrogen-bond donors (Lipinski definition) is 3. The molecular formula is C76H148O17P2. The van der Waals surface area contributed by atoms with Crippen molar-refractivity contribution in [3.63, 3.8) is 0 Å². The molecule has 0 rings (SSSR count). The van der Waals surface area contributed by atoms with Crippen LogP contribution in [0.1, 0.15) is 401 Å². The Labute approximate surface area is 581 Å². The van der Waals surface area contributed by atoms with E-state index in [1.54, 1.807) is 0 Å². The van der Waals surface area contributed by atoms with Crippen molar-refractivity contribution in [2.75, 3.05) is 39.6 Å². The molecule has 0 aliphatic carbocycles. The van der Waals surface area contributed by atoms with E-state index in [2.05, 4.69) is 34.6 Å². The van der Waals surface area contributed by atoms with Gasteiger partial charge in [-0.3, -0.25) is 37.3 Å². The van der Waals surface area contributed by atoms with Crippen LogP contribution in [0.4, 0.5) is 0 Å². The molecule has 0 amide bonds. The van der Waals surface area contributed by atoms with Gasteiger partial charge in [0.2, 0.25) is 0 Å². The molecule has 0 aliphatic heterocycles. The third kappa shape index (κ3) is 69.0. The first kappa shape index (κ1) is 93.1. The third-order valence-corrected chi connectivity index (χ3v) is 20.0. The van der Waals surface area contributed by atoms with Gasteiger partial charge >= 0.3 is 39.5 Å². The maximum absolute atomic E-state index is 13.1. The van der Waals surface area contributed by atoms with Crippen molar-refractivity contribution in [1.82, 2.24) is 0 Å². The van der Waals surface area contributed by atoms with Crippen molar-refractivity contribution >= 4 is 39.5 Å². The fourth-order valence-electron chi connectivity index (χ4n) is 11.7. The Kier molecular flexibility index (Phi) is 67.7. The number of rotatable bonds is 76. The number of hydrogen-bond acceptors (Lipinski definition) is 15. The van der Waals surface area contributed by atoms with Crippen LogP contribution in [0.5, 0.6) is 0 Å². The maximum Gasteiger partial charge on any atom is 0.472 e. The summed E-state index contributed by atoms with van der Waals surface area (Å²) in [5.74, 6) is -1.24. The topological polar surface area (TPSA) is 237 Å². The van der Waals surface area contributed by atoms with Gasteiger partial charge in [0.05, 0.1) is 26.4 Å². The smallest absolute Gasteiger partial charge is 0.462 e. The predicted molar refractivity (Wildman–Crippen MR) is 386 cm³/mol. The van der Waals surface area contributed by atoms with E-state index in [-0.39, 0.29) is 25.7 Å². The van der Waals surface area contributed by atoms with Crippen molar-refractivity contribution in [2.45, 2.75) is 419 Å². The van der Waals surface area contributed by atoms with Gasteiger partial charge in [0.1, 0.15) is 19.3 Å². The van der Waals surface area contributed by atoms with Crippen molar-refractivity contribution in [3.8, 4) is 0 Å². The van der Waals surface area contributed by atoms with E-state index in [1.807, 2.05) is 0 Å². The largest absolute Gasteiger partial charge is 0.472 e. The molecular weight excluding hydrogens is 1250 g/mol. The molecule has 0 aromatic rings. The molecule has 0 bridgehead atoms. The number of aliphatic hydroxyl groups excluding tert-OH is 1. The average molecular weight is 1400 g/mol. The van der Waals surface area contributed by atoms with E-state index in [9.17, 15) is 43.2 Å². The number of carbonyl (C=O) groups is 4. The summed E-state index contributed by atoms with van der Waals surface area (Å²) < 4.78 is 68.4. The Morgan fingerprint density at radius 3 is 0.747 bits per heavy atom. The fraction of sp³-hybridized carbons (Fsp3) is 0.947. The minimum absolute atomic E-state index is 0.108. The second-order valence-corrected chi connectivity index (χ2v) is 30.5. The molecule has 17 nitrogen and oxygen atoms in total. The number of phosphoric ester groups is 2. The van der Waals surface area contributed by atoms with Gasteiger partial charge < -0.3 is 33.8 Å². The quantitative estimate of drug-likeness (QED) is 0.0222. The molecule has 0 aromatic carbocycles. The highest BCUT2D eigenvalue weighted by Gasteiger charge is 2.30.